The van der Waals surface area contributed by atoms with Crippen LogP contribution < -0.4 is 9.54 Å². The van der Waals surface area contributed by atoms with Gasteiger partial charge in [0.25, 0.3) is 5.91 Å². The molecule has 0 N–H and O–H groups in total. The van der Waals surface area contributed by atoms with E-state index < -0.39 is 0 Å². The van der Waals surface area contributed by atoms with Crippen molar-refractivity contribution in [3.8, 4) is 27.4 Å². The first-order valence-electron chi connectivity index (χ1n) is 10.9. The van der Waals surface area contributed by atoms with Gasteiger partial charge in [0.1, 0.15) is 5.75 Å². The normalized spacial score (nSPS) is 12.1. The molecule has 0 aliphatic rings. The van der Waals surface area contributed by atoms with Gasteiger partial charge in [-0.15, -0.1) is 0 Å². The van der Waals surface area contributed by atoms with E-state index in [1.165, 1.54) is 16.9 Å². The van der Waals surface area contributed by atoms with Crippen LogP contribution in [0.2, 0.25) is 0 Å². The summed E-state index contributed by atoms with van der Waals surface area (Å²) in [7, 11) is 3.61. The second-order valence-corrected chi connectivity index (χ2v) is 9.94. The number of carbonyl (C=O) groups excluding carboxylic acids is 1. The van der Waals surface area contributed by atoms with Gasteiger partial charge in [0.05, 0.1) is 17.7 Å². The number of hydrogen-bond donors (Lipinski definition) is 0. The van der Waals surface area contributed by atoms with Crippen LogP contribution in [0.4, 0.5) is 0 Å². The lowest BCUT2D eigenvalue weighted by molar-refractivity contribution is 0.0998. The molecule has 168 valence electrons. The summed E-state index contributed by atoms with van der Waals surface area (Å²) in [5.74, 6) is 0.560. The average Bonchev–Trinajstić information content (AvgIpc) is 3.15. The molecule has 4 aromatic rings. The number of aromatic nitrogens is 1. The summed E-state index contributed by atoms with van der Waals surface area (Å²) in [6.45, 7) is 6.48. The van der Waals surface area contributed by atoms with Gasteiger partial charge in [0.15, 0.2) is 4.80 Å². The van der Waals surface area contributed by atoms with Gasteiger partial charge in [-0.3, -0.25) is 4.79 Å². The monoisotopic (exact) mass is 456 g/mol. The van der Waals surface area contributed by atoms with Crippen molar-refractivity contribution >= 4 is 17.2 Å². The van der Waals surface area contributed by atoms with E-state index in [0.717, 1.165) is 27.4 Å². The molecule has 0 saturated carbocycles. The molecule has 0 aliphatic carbocycles. The summed E-state index contributed by atoms with van der Waals surface area (Å²) in [5.41, 5.74) is 4.96. The van der Waals surface area contributed by atoms with Crippen molar-refractivity contribution in [2.24, 2.45) is 12.0 Å². The lowest BCUT2D eigenvalue weighted by Gasteiger charge is -2.18. The molecule has 0 bridgehead atoms. The number of ether oxygens (including phenoxy) is 1. The number of rotatable bonds is 4. The molecule has 3 aromatic carbocycles. The number of thiazole rings is 1. The summed E-state index contributed by atoms with van der Waals surface area (Å²) < 4.78 is 7.32. The van der Waals surface area contributed by atoms with Gasteiger partial charge < -0.3 is 9.30 Å². The highest BCUT2D eigenvalue weighted by atomic mass is 32.1. The summed E-state index contributed by atoms with van der Waals surface area (Å²) in [6.07, 6.45) is 0. The maximum absolute atomic E-state index is 13.0. The maximum Gasteiger partial charge on any atom is 0.279 e. The Kier molecular flexibility index (Phi) is 6.34. The molecule has 1 amide bonds. The zero-order valence-corrected chi connectivity index (χ0v) is 20.4. The van der Waals surface area contributed by atoms with Crippen LogP contribution in [0.5, 0.6) is 5.75 Å². The predicted octanol–water partition coefficient (Wildman–Crippen LogP) is 6.47. The van der Waals surface area contributed by atoms with Crippen molar-refractivity contribution in [1.29, 1.82) is 0 Å². The first kappa shape index (κ1) is 22.7. The molecule has 5 heteroatoms. The van der Waals surface area contributed by atoms with Crippen molar-refractivity contribution in [3.05, 3.63) is 94.8 Å². The molecule has 1 heterocycles. The summed E-state index contributed by atoms with van der Waals surface area (Å²) in [6, 6.07) is 25.9. The van der Waals surface area contributed by atoms with Crippen molar-refractivity contribution in [3.63, 3.8) is 0 Å². The van der Waals surface area contributed by atoms with E-state index in [1.807, 2.05) is 78.3 Å². The third-order valence-corrected chi connectivity index (χ3v) is 6.81. The van der Waals surface area contributed by atoms with Crippen LogP contribution in [0.1, 0.15) is 36.7 Å². The number of amides is 1. The van der Waals surface area contributed by atoms with Crippen LogP contribution in [0.15, 0.2) is 83.9 Å². The van der Waals surface area contributed by atoms with Crippen LogP contribution in [0, 0.1) is 0 Å². The SMILES string of the molecule is COc1ccc(-c2c(-c3ccccc3)sc(=NC(=O)c3ccc(C(C)(C)C)cc3)n2C)cc1. The second kappa shape index (κ2) is 9.20. The third kappa shape index (κ3) is 4.83. The van der Waals surface area contributed by atoms with E-state index in [9.17, 15) is 4.79 Å². The van der Waals surface area contributed by atoms with E-state index in [4.69, 9.17) is 4.74 Å². The van der Waals surface area contributed by atoms with Crippen molar-refractivity contribution in [1.82, 2.24) is 4.57 Å². The lowest BCUT2D eigenvalue weighted by atomic mass is 9.87. The highest BCUT2D eigenvalue weighted by Gasteiger charge is 2.17. The smallest absolute Gasteiger partial charge is 0.279 e. The molecular formula is C28H28N2O2S. The Morgan fingerprint density at radius 1 is 0.879 bits per heavy atom. The van der Waals surface area contributed by atoms with Crippen LogP contribution in [-0.4, -0.2) is 17.6 Å². The first-order chi connectivity index (χ1) is 15.8. The van der Waals surface area contributed by atoms with E-state index in [1.54, 1.807) is 7.11 Å². The summed E-state index contributed by atoms with van der Waals surface area (Å²) >= 11 is 1.52. The van der Waals surface area contributed by atoms with Crippen LogP contribution in [-0.2, 0) is 12.5 Å². The minimum atomic E-state index is -0.242. The Morgan fingerprint density at radius 2 is 1.52 bits per heavy atom. The number of nitrogens with zero attached hydrogens (tertiary/aromatic N) is 2. The van der Waals surface area contributed by atoms with Crippen molar-refractivity contribution in [2.75, 3.05) is 7.11 Å². The summed E-state index contributed by atoms with van der Waals surface area (Å²) in [4.78, 5) is 19.2. The van der Waals surface area contributed by atoms with Gasteiger partial charge in [-0.1, -0.05) is 74.6 Å². The van der Waals surface area contributed by atoms with Gasteiger partial charge in [0.2, 0.25) is 0 Å². The predicted molar refractivity (Wildman–Crippen MR) is 136 cm³/mol. The van der Waals surface area contributed by atoms with Gasteiger partial charge >= 0.3 is 0 Å². The van der Waals surface area contributed by atoms with Crippen LogP contribution >= 0.6 is 11.3 Å². The minimum Gasteiger partial charge on any atom is -0.497 e. The zero-order chi connectivity index (χ0) is 23.6. The quantitative estimate of drug-likeness (QED) is 0.353. The second-order valence-electron chi connectivity index (χ2n) is 8.96. The van der Waals surface area contributed by atoms with Gasteiger partial charge in [-0.25, -0.2) is 0 Å². The lowest BCUT2D eigenvalue weighted by Crippen LogP contribution is -2.15. The zero-order valence-electron chi connectivity index (χ0n) is 19.6. The fraction of sp³-hybridized carbons (Fsp3) is 0.214. The topological polar surface area (TPSA) is 43.6 Å². The standard InChI is InChI=1S/C28H28N2O2S/c1-28(2,3)22-15-11-21(12-16-22)26(31)29-27-30(4)24(19-13-17-23(32-5)18-14-19)25(33-27)20-9-7-6-8-10-20/h6-18H,1-5H3. The van der Waals surface area contributed by atoms with Crippen LogP contribution in [0.3, 0.4) is 0 Å². The number of hydrogen-bond acceptors (Lipinski definition) is 3. The van der Waals surface area contributed by atoms with E-state index in [2.05, 4.69) is 37.9 Å². The Balaban J connectivity index is 1.81. The number of benzene rings is 3. The third-order valence-electron chi connectivity index (χ3n) is 5.63. The largest absolute Gasteiger partial charge is 0.497 e. The van der Waals surface area contributed by atoms with Crippen molar-refractivity contribution in [2.45, 2.75) is 26.2 Å². The molecule has 33 heavy (non-hydrogen) atoms. The maximum atomic E-state index is 13.0. The fourth-order valence-electron chi connectivity index (χ4n) is 3.68. The van der Waals surface area contributed by atoms with Gasteiger partial charge in [-0.05, 0) is 58.5 Å². The highest BCUT2D eigenvalue weighted by Crippen LogP contribution is 2.35. The van der Waals surface area contributed by atoms with E-state index in [0.29, 0.717) is 10.4 Å². The molecule has 1 aromatic heterocycles. The highest BCUT2D eigenvalue weighted by molar-refractivity contribution is 7.13. The van der Waals surface area contributed by atoms with Crippen LogP contribution in [0.25, 0.3) is 21.7 Å². The van der Waals surface area contributed by atoms with E-state index >= 15 is 0 Å². The van der Waals surface area contributed by atoms with E-state index in [-0.39, 0.29) is 11.3 Å². The molecular weight excluding hydrogens is 428 g/mol. The molecule has 0 aliphatic heterocycles. The van der Waals surface area contributed by atoms with Gasteiger partial charge in [0, 0.05) is 12.6 Å². The minimum absolute atomic E-state index is 0.0385. The Morgan fingerprint density at radius 3 is 2.09 bits per heavy atom. The molecule has 0 atom stereocenters. The Labute approximate surface area is 198 Å². The first-order valence-corrected chi connectivity index (χ1v) is 11.7. The molecule has 0 unspecified atom stereocenters. The molecule has 0 radical (unpaired) electrons. The number of carbonyl (C=O) groups is 1. The molecule has 0 saturated heterocycles. The molecule has 4 rings (SSSR count). The Hall–Kier alpha value is -3.44. The van der Waals surface area contributed by atoms with Crippen molar-refractivity contribution < 1.29 is 9.53 Å². The number of methoxy groups -OCH3 is 1. The molecule has 0 fully saturated rings. The molecule has 0 spiro atoms. The summed E-state index contributed by atoms with van der Waals surface area (Å²) in [5, 5.41) is 0. The average molecular weight is 457 g/mol. The van der Waals surface area contributed by atoms with Gasteiger partial charge in [-0.2, -0.15) is 4.99 Å². The molecule has 4 nitrogen and oxygen atoms in total. The Bertz CT molecular complexity index is 1320. The fourth-order valence-corrected chi connectivity index (χ4v) is 4.82.